The van der Waals surface area contributed by atoms with Crippen molar-refractivity contribution in [2.75, 3.05) is 20.8 Å². The Labute approximate surface area is 170 Å². The summed E-state index contributed by atoms with van der Waals surface area (Å²) >= 11 is 1.10. The molecule has 7 nitrogen and oxygen atoms in total. The highest BCUT2D eigenvalue weighted by atomic mass is 32.1. The third-order valence-corrected chi connectivity index (χ3v) is 5.12. The molecule has 0 spiro atoms. The largest absolute Gasteiger partial charge is 0.493 e. The number of rotatable bonds is 6. The smallest absolute Gasteiger partial charge is 0.326 e. The number of methoxy groups -OCH3 is 2. The Morgan fingerprint density at radius 2 is 1.90 bits per heavy atom. The summed E-state index contributed by atoms with van der Waals surface area (Å²) in [5, 5.41) is 0. The van der Waals surface area contributed by atoms with Gasteiger partial charge in [0.05, 0.1) is 36.6 Å². The van der Waals surface area contributed by atoms with Crippen LogP contribution in [0.3, 0.4) is 0 Å². The molecule has 29 heavy (non-hydrogen) atoms. The van der Waals surface area contributed by atoms with Crippen LogP contribution in [0.5, 0.6) is 11.5 Å². The number of fused-ring (bicyclic) bond motifs is 1. The normalized spacial score (nSPS) is 11.5. The molecule has 3 rings (SSSR count). The molecule has 0 saturated carbocycles. The number of carbonyl (C=O) groups excluding carboxylic acids is 2. The standard InChI is InChI=1S/C20H19FN2O5S/c1-4-28-16(24)11-23-17-13(21)8-6-10-15(17)29-20(23)22-19(25)12-7-5-9-14(26-2)18(12)27-3/h5-10H,4,11H2,1-3H3. The maximum absolute atomic E-state index is 14.4. The predicted octanol–water partition coefficient (Wildman–Crippen LogP) is 3.16. The molecule has 0 unspecified atom stereocenters. The van der Waals surface area contributed by atoms with Crippen molar-refractivity contribution >= 4 is 33.4 Å². The van der Waals surface area contributed by atoms with Crippen LogP contribution in [0.15, 0.2) is 41.4 Å². The number of amides is 1. The highest BCUT2D eigenvalue weighted by molar-refractivity contribution is 7.16. The van der Waals surface area contributed by atoms with Gasteiger partial charge in [-0.05, 0) is 31.2 Å². The lowest BCUT2D eigenvalue weighted by Crippen LogP contribution is -2.23. The molecular weight excluding hydrogens is 399 g/mol. The van der Waals surface area contributed by atoms with Gasteiger partial charge in [0.2, 0.25) is 0 Å². The van der Waals surface area contributed by atoms with Crippen molar-refractivity contribution in [3.63, 3.8) is 0 Å². The molecule has 0 radical (unpaired) electrons. The quantitative estimate of drug-likeness (QED) is 0.575. The van der Waals surface area contributed by atoms with Gasteiger partial charge in [0.1, 0.15) is 12.4 Å². The lowest BCUT2D eigenvalue weighted by Gasteiger charge is -2.10. The van der Waals surface area contributed by atoms with E-state index in [2.05, 4.69) is 4.99 Å². The number of thiazole rings is 1. The average molecular weight is 418 g/mol. The third-order valence-electron chi connectivity index (χ3n) is 4.07. The van der Waals surface area contributed by atoms with Crippen LogP contribution in [-0.2, 0) is 16.1 Å². The molecule has 0 aliphatic rings. The predicted molar refractivity (Wildman–Crippen MR) is 106 cm³/mol. The SMILES string of the molecule is CCOC(=O)Cn1c(=NC(=O)c2cccc(OC)c2OC)sc2cccc(F)c21. The second-order valence-electron chi connectivity index (χ2n) is 5.82. The molecule has 0 bridgehead atoms. The molecule has 9 heteroatoms. The Bertz CT molecular complexity index is 1140. The van der Waals surface area contributed by atoms with Crippen molar-refractivity contribution in [1.82, 2.24) is 4.57 Å². The van der Waals surface area contributed by atoms with Crippen LogP contribution in [-0.4, -0.2) is 37.3 Å². The van der Waals surface area contributed by atoms with E-state index >= 15 is 0 Å². The molecule has 0 atom stereocenters. The first-order valence-electron chi connectivity index (χ1n) is 8.73. The van der Waals surface area contributed by atoms with Crippen LogP contribution in [0, 0.1) is 5.82 Å². The fourth-order valence-corrected chi connectivity index (χ4v) is 3.90. The molecule has 1 amide bonds. The minimum absolute atomic E-state index is 0.174. The van der Waals surface area contributed by atoms with E-state index in [-0.39, 0.29) is 34.8 Å². The third kappa shape index (κ3) is 4.14. The summed E-state index contributed by atoms with van der Waals surface area (Å²) in [6.07, 6.45) is 0. The summed E-state index contributed by atoms with van der Waals surface area (Å²) in [6, 6.07) is 9.39. The second kappa shape index (κ2) is 8.87. The van der Waals surface area contributed by atoms with Crippen LogP contribution in [0.2, 0.25) is 0 Å². The van der Waals surface area contributed by atoms with Crippen molar-refractivity contribution in [3.8, 4) is 11.5 Å². The summed E-state index contributed by atoms with van der Waals surface area (Å²) in [5.74, 6) is -1.05. The lowest BCUT2D eigenvalue weighted by molar-refractivity contribution is -0.143. The van der Waals surface area contributed by atoms with Crippen LogP contribution in [0.4, 0.5) is 4.39 Å². The Hall–Kier alpha value is -3.20. The zero-order chi connectivity index (χ0) is 21.0. The van der Waals surface area contributed by atoms with Gasteiger partial charge >= 0.3 is 5.97 Å². The topological polar surface area (TPSA) is 79.1 Å². The molecule has 0 aliphatic carbocycles. The van der Waals surface area contributed by atoms with E-state index in [4.69, 9.17) is 14.2 Å². The van der Waals surface area contributed by atoms with Gasteiger partial charge in [-0.1, -0.05) is 23.5 Å². The number of benzene rings is 2. The molecule has 152 valence electrons. The zero-order valence-electron chi connectivity index (χ0n) is 16.1. The summed E-state index contributed by atoms with van der Waals surface area (Å²) < 4.78 is 31.8. The van der Waals surface area contributed by atoms with Gasteiger partial charge in [-0.3, -0.25) is 9.59 Å². The van der Waals surface area contributed by atoms with Crippen LogP contribution >= 0.6 is 11.3 Å². The van der Waals surface area contributed by atoms with Crippen molar-refractivity contribution in [2.24, 2.45) is 4.99 Å². The number of hydrogen-bond donors (Lipinski definition) is 0. The van der Waals surface area contributed by atoms with Gasteiger partial charge < -0.3 is 18.8 Å². The van der Waals surface area contributed by atoms with Crippen molar-refractivity contribution in [3.05, 3.63) is 52.6 Å². The van der Waals surface area contributed by atoms with E-state index in [1.807, 2.05) is 0 Å². The maximum atomic E-state index is 14.4. The number of nitrogens with zero attached hydrogens (tertiary/aromatic N) is 2. The molecular formula is C20H19FN2O5S. The fourth-order valence-electron chi connectivity index (χ4n) is 2.86. The Kier molecular flexibility index (Phi) is 6.28. The number of aromatic nitrogens is 1. The Balaban J connectivity index is 2.16. The Morgan fingerprint density at radius 1 is 1.14 bits per heavy atom. The van der Waals surface area contributed by atoms with Gasteiger partial charge in [-0.25, -0.2) is 4.39 Å². The van der Waals surface area contributed by atoms with E-state index < -0.39 is 17.7 Å². The first kappa shape index (κ1) is 20.5. The average Bonchev–Trinajstić information content (AvgIpc) is 3.05. The van der Waals surface area contributed by atoms with Gasteiger partial charge in [0.15, 0.2) is 16.3 Å². The molecule has 2 aromatic carbocycles. The Morgan fingerprint density at radius 3 is 2.59 bits per heavy atom. The number of ether oxygens (including phenoxy) is 3. The van der Waals surface area contributed by atoms with Gasteiger partial charge in [0.25, 0.3) is 5.91 Å². The van der Waals surface area contributed by atoms with Crippen molar-refractivity contribution in [1.29, 1.82) is 0 Å². The first-order chi connectivity index (χ1) is 14.0. The first-order valence-corrected chi connectivity index (χ1v) is 9.55. The van der Waals surface area contributed by atoms with Crippen LogP contribution < -0.4 is 14.3 Å². The molecule has 3 aromatic rings. The highest BCUT2D eigenvalue weighted by Gasteiger charge is 2.18. The van der Waals surface area contributed by atoms with Crippen LogP contribution in [0.25, 0.3) is 10.2 Å². The second-order valence-corrected chi connectivity index (χ2v) is 6.83. The van der Waals surface area contributed by atoms with E-state index in [1.165, 1.54) is 24.9 Å². The number of halogens is 1. The number of para-hydroxylation sites is 2. The van der Waals surface area contributed by atoms with E-state index in [1.54, 1.807) is 37.3 Å². The number of hydrogen-bond acceptors (Lipinski definition) is 6. The number of carbonyl (C=O) groups is 2. The maximum Gasteiger partial charge on any atom is 0.326 e. The van der Waals surface area contributed by atoms with Crippen molar-refractivity contribution in [2.45, 2.75) is 13.5 Å². The highest BCUT2D eigenvalue weighted by Crippen LogP contribution is 2.31. The number of esters is 1. The lowest BCUT2D eigenvalue weighted by atomic mass is 10.2. The fraction of sp³-hybridized carbons (Fsp3) is 0.250. The minimum atomic E-state index is -0.606. The van der Waals surface area contributed by atoms with Crippen molar-refractivity contribution < 1.29 is 28.2 Å². The summed E-state index contributed by atoms with van der Waals surface area (Å²) in [5.41, 5.74) is 0.377. The molecule has 1 aromatic heterocycles. The molecule has 0 aliphatic heterocycles. The molecule has 0 N–H and O–H groups in total. The summed E-state index contributed by atoms with van der Waals surface area (Å²) in [4.78, 5) is 29.2. The van der Waals surface area contributed by atoms with E-state index in [0.29, 0.717) is 10.4 Å². The monoisotopic (exact) mass is 418 g/mol. The molecule has 1 heterocycles. The van der Waals surface area contributed by atoms with Gasteiger partial charge in [0, 0.05) is 0 Å². The summed E-state index contributed by atoms with van der Waals surface area (Å²) in [7, 11) is 2.88. The van der Waals surface area contributed by atoms with Gasteiger partial charge in [-0.15, -0.1) is 0 Å². The van der Waals surface area contributed by atoms with E-state index in [0.717, 1.165) is 11.3 Å². The van der Waals surface area contributed by atoms with Crippen LogP contribution in [0.1, 0.15) is 17.3 Å². The van der Waals surface area contributed by atoms with Gasteiger partial charge in [-0.2, -0.15) is 4.99 Å². The summed E-state index contributed by atoms with van der Waals surface area (Å²) in [6.45, 7) is 1.60. The molecule has 0 saturated heterocycles. The van der Waals surface area contributed by atoms with E-state index in [9.17, 15) is 14.0 Å². The minimum Gasteiger partial charge on any atom is -0.493 e. The molecule has 0 fully saturated rings. The zero-order valence-corrected chi connectivity index (χ0v) is 16.9.